The molecule has 2 aromatic carbocycles. The zero-order valence-electron chi connectivity index (χ0n) is 25.9. The fourth-order valence-corrected chi connectivity index (χ4v) is 6.66. The molecule has 1 unspecified atom stereocenters. The van der Waals surface area contributed by atoms with Crippen molar-refractivity contribution in [1.82, 2.24) is 4.90 Å². The molecule has 0 saturated carbocycles. The highest BCUT2D eigenvalue weighted by molar-refractivity contribution is 5.97. The summed E-state index contributed by atoms with van der Waals surface area (Å²) in [6.45, 7) is 3.37. The first kappa shape index (κ1) is 31.6. The maximum atomic E-state index is 12.7. The van der Waals surface area contributed by atoms with Crippen molar-refractivity contribution < 1.29 is 47.9 Å². The van der Waals surface area contributed by atoms with Crippen LogP contribution >= 0.6 is 0 Å². The topological polar surface area (TPSA) is 129 Å². The van der Waals surface area contributed by atoms with E-state index in [4.69, 9.17) is 33.2 Å². The zero-order valence-corrected chi connectivity index (χ0v) is 25.9. The molecule has 0 aliphatic carbocycles. The molecular weight excluding hydrogens is 584 g/mol. The third kappa shape index (κ3) is 7.05. The number of methoxy groups -OCH3 is 2. The van der Waals surface area contributed by atoms with Crippen LogP contribution < -0.4 is 14.4 Å². The van der Waals surface area contributed by atoms with Gasteiger partial charge >= 0.3 is 6.09 Å². The Morgan fingerprint density at radius 1 is 1.04 bits per heavy atom. The molecule has 4 heterocycles. The monoisotopic (exact) mass is 626 g/mol. The van der Waals surface area contributed by atoms with Crippen molar-refractivity contribution in [2.24, 2.45) is 0 Å². The van der Waals surface area contributed by atoms with Gasteiger partial charge in [0, 0.05) is 52.2 Å². The van der Waals surface area contributed by atoms with Gasteiger partial charge < -0.3 is 48.1 Å². The van der Waals surface area contributed by atoms with E-state index in [-0.39, 0.29) is 49.8 Å². The van der Waals surface area contributed by atoms with E-state index in [1.807, 2.05) is 42.5 Å². The Hall–Kier alpha value is -3.42. The van der Waals surface area contributed by atoms with Crippen LogP contribution in [0.1, 0.15) is 36.3 Å². The molecule has 0 bridgehead atoms. The molecule has 1 N–H and O–H groups in total. The van der Waals surface area contributed by atoms with Crippen LogP contribution in [0.5, 0.6) is 11.5 Å². The lowest BCUT2D eigenvalue weighted by molar-refractivity contribution is -0.121. The molecule has 12 heteroatoms. The first-order valence-corrected chi connectivity index (χ1v) is 15.6. The number of ether oxygens (including phenoxy) is 7. The summed E-state index contributed by atoms with van der Waals surface area (Å²) >= 11 is 0. The summed E-state index contributed by atoms with van der Waals surface area (Å²) in [5, 5.41) is 10.0. The van der Waals surface area contributed by atoms with Crippen LogP contribution in [0.25, 0.3) is 0 Å². The molecule has 12 nitrogen and oxygen atoms in total. The molecule has 2 aromatic rings. The highest BCUT2D eigenvalue weighted by atomic mass is 16.6. The Bertz CT molecular complexity index is 1330. The third-order valence-corrected chi connectivity index (χ3v) is 9.24. The third-order valence-electron chi connectivity index (χ3n) is 9.24. The molecule has 45 heavy (non-hydrogen) atoms. The number of epoxide rings is 1. The average Bonchev–Trinajstić information content (AvgIpc) is 3.73. The lowest BCUT2D eigenvalue weighted by atomic mass is 9.84. The second-order valence-electron chi connectivity index (χ2n) is 12.0. The van der Waals surface area contributed by atoms with Gasteiger partial charge in [-0.1, -0.05) is 18.2 Å². The average molecular weight is 627 g/mol. The standard InChI is InChI=1S/C33H42N2O10/c1-39-13-3-12-35-25-16-22(4-9-26(25)44-21-30(35)36)19-42-27-17-34(32(37)38)18-28(31(27)23-5-7-24(40-2)8-6-23)43-20-29-33(45-29)10-14-41-15-11-33/h4-9,16,27-29,31H,3,10-15,17-21H2,1-2H3,(H,37,38)/t27-,28+,29?,31+/m0/s1. The van der Waals surface area contributed by atoms with Crippen LogP contribution in [0.3, 0.4) is 0 Å². The SMILES string of the molecule is COCCCN1C(=O)COc2ccc(CO[C@H]3CN(C(=O)O)C[C@@H](OCC4OC45CCOCC5)[C@@H]3c3ccc(OC)cc3)cc21. The summed E-state index contributed by atoms with van der Waals surface area (Å²) in [6.07, 6.45) is 0.345. The minimum absolute atomic E-state index is 0.00531. The quantitative estimate of drug-likeness (QED) is 0.276. The Labute approximate surface area is 263 Å². The largest absolute Gasteiger partial charge is 0.497 e. The molecule has 244 valence electrons. The van der Waals surface area contributed by atoms with Gasteiger partial charge in [-0.25, -0.2) is 4.79 Å². The van der Waals surface area contributed by atoms with E-state index >= 15 is 0 Å². The van der Waals surface area contributed by atoms with Gasteiger partial charge in [-0.2, -0.15) is 0 Å². The minimum atomic E-state index is -1.02. The fourth-order valence-electron chi connectivity index (χ4n) is 6.66. The Morgan fingerprint density at radius 2 is 1.80 bits per heavy atom. The number of hydrogen-bond acceptors (Lipinski definition) is 9. The molecular formula is C33H42N2O10. The number of piperidine rings is 1. The van der Waals surface area contributed by atoms with Gasteiger partial charge in [0.05, 0.1) is 51.3 Å². The fraction of sp³-hybridized carbons (Fsp3) is 0.576. The van der Waals surface area contributed by atoms with Crippen molar-refractivity contribution in [3.05, 3.63) is 53.6 Å². The van der Waals surface area contributed by atoms with Crippen LogP contribution in [0.15, 0.2) is 42.5 Å². The maximum Gasteiger partial charge on any atom is 0.407 e. The zero-order chi connectivity index (χ0) is 31.4. The Balaban J connectivity index is 1.21. The van der Waals surface area contributed by atoms with Crippen molar-refractivity contribution in [3.63, 3.8) is 0 Å². The van der Waals surface area contributed by atoms with E-state index in [0.717, 1.165) is 29.7 Å². The molecule has 4 aliphatic heterocycles. The highest BCUT2D eigenvalue weighted by Gasteiger charge is 2.57. The summed E-state index contributed by atoms with van der Waals surface area (Å²) in [6, 6.07) is 13.4. The number of carbonyl (C=O) groups is 2. The Morgan fingerprint density at radius 3 is 2.51 bits per heavy atom. The van der Waals surface area contributed by atoms with Crippen LogP contribution in [-0.2, 0) is 35.1 Å². The number of carboxylic acid groups (broad SMARTS) is 1. The second-order valence-corrected chi connectivity index (χ2v) is 12.0. The van der Waals surface area contributed by atoms with Gasteiger partial charge in [-0.05, 0) is 41.8 Å². The van der Waals surface area contributed by atoms with Crippen molar-refractivity contribution >= 4 is 17.7 Å². The maximum absolute atomic E-state index is 12.7. The molecule has 4 aliphatic rings. The van der Waals surface area contributed by atoms with E-state index in [0.29, 0.717) is 50.8 Å². The number of benzene rings is 2. The molecule has 4 atom stereocenters. The van der Waals surface area contributed by atoms with Gasteiger partial charge in [0.15, 0.2) is 6.61 Å². The van der Waals surface area contributed by atoms with Crippen molar-refractivity contribution in [1.29, 1.82) is 0 Å². The molecule has 3 saturated heterocycles. The molecule has 1 spiro atoms. The summed E-state index contributed by atoms with van der Waals surface area (Å²) in [5.74, 6) is 1.01. The number of carbonyl (C=O) groups excluding carboxylic acids is 1. The highest BCUT2D eigenvalue weighted by Crippen LogP contribution is 2.45. The predicted molar refractivity (Wildman–Crippen MR) is 162 cm³/mol. The predicted octanol–water partition coefficient (Wildman–Crippen LogP) is 3.45. The van der Waals surface area contributed by atoms with Crippen LogP contribution in [0.4, 0.5) is 10.5 Å². The number of amides is 2. The summed E-state index contributed by atoms with van der Waals surface area (Å²) in [7, 11) is 3.26. The lowest BCUT2D eigenvalue weighted by Crippen LogP contribution is -2.54. The number of anilines is 1. The van der Waals surface area contributed by atoms with Gasteiger partial charge in [-0.15, -0.1) is 0 Å². The van der Waals surface area contributed by atoms with Gasteiger partial charge in [0.2, 0.25) is 0 Å². The van der Waals surface area contributed by atoms with E-state index in [2.05, 4.69) is 0 Å². The van der Waals surface area contributed by atoms with Crippen LogP contribution in [0, 0.1) is 0 Å². The number of fused-ring (bicyclic) bond motifs is 1. The van der Waals surface area contributed by atoms with Gasteiger partial charge in [-0.3, -0.25) is 4.79 Å². The number of likely N-dealkylation sites (tertiary alicyclic amines) is 1. The van der Waals surface area contributed by atoms with Gasteiger partial charge in [0.25, 0.3) is 5.91 Å². The Kier molecular flexibility index (Phi) is 9.76. The van der Waals surface area contributed by atoms with Crippen molar-refractivity contribution in [2.75, 3.05) is 71.8 Å². The van der Waals surface area contributed by atoms with E-state index < -0.39 is 18.3 Å². The summed E-state index contributed by atoms with van der Waals surface area (Å²) in [4.78, 5) is 28.1. The van der Waals surface area contributed by atoms with Crippen molar-refractivity contribution in [3.8, 4) is 11.5 Å². The van der Waals surface area contributed by atoms with E-state index in [1.54, 1.807) is 19.1 Å². The number of nitrogens with zero attached hydrogens (tertiary/aromatic N) is 2. The van der Waals surface area contributed by atoms with Crippen LogP contribution in [0.2, 0.25) is 0 Å². The summed E-state index contributed by atoms with van der Waals surface area (Å²) in [5.41, 5.74) is 2.32. The van der Waals surface area contributed by atoms with Crippen molar-refractivity contribution in [2.45, 2.75) is 55.7 Å². The van der Waals surface area contributed by atoms with E-state index in [1.165, 1.54) is 4.90 Å². The number of hydrogen-bond donors (Lipinski definition) is 1. The lowest BCUT2D eigenvalue weighted by Gasteiger charge is -2.42. The minimum Gasteiger partial charge on any atom is -0.497 e. The normalized spacial score (nSPS) is 25.5. The molecule has 3 fully saturated rings. The second kappa shape index (κ2) is 13.9. The molecule has 0 aromatic heterocycles. The van der Waals surface area contributed by atoms with Gasteiger partial charge in [0.1, 0.15) is 23.2 Å². The molecule has 6 rings (SSSR count). The first-order valence-electron chi connectivity index (χ1n) is 15.6. The van der Waals surface area contributed by atoms with Crippen LogP contribution in [-0.4, -0.2) is 113 Å². The summed E-state index contributed by atoms with van der Waals surface area (Å²) < 4.78 is 40.9. The van der Waals surface area contributed by atoms with E-state index in [9.17, 15) is 14.7 Å². The molecule has 0 radical (unpaired) electrons. The first-order chi connectivity index (χ1) is 21.9. The molecule has 2 amide bonds. The number of rotatable bonds is 12. The smallest absolute Gasteiger partial charge is 0.407 e.